The van der Waals surface area contributed by atoms with Crippen LogP contribution < -0.4 is 10.5 Å². The van der Waals surface area contributed by atoms with E-state index >= 15 is 0 Å². The summed E-state index contributed by atoms with van der Waals surface area (Å²) in [7, 11) is -1.61. The summed E-state index contributed by atoms with van der Waals surface area (Å²) in [6.07, 6.45) is 3.39. The lowest BCUT2D eigenvalue weighted by molar-refractivity contribution is 0.286. The predicted molar refractivity (Wildman–Crippen MR) is 123 cm³/mol. The molecule has 0 fully saturated rings. The third-order valence-electron chi connectivity index (χ3n) is 5.76. The number of hydrogen-bond acceptors (Lipinski definition) is 4. The Morgan fingerprint density at radius 2 is 1.93 bits per heavy atom. The maximum absolute atomic E-state index is 12.1. The lowest BCUT2D eigenvalue weighted by Crippen LogP contribution is -2.34. The molecule has 0 aromatic heterocycles. The van der Waals surface area contributed by atoms with E-state index in [4.69, 9.17) is 22.1 Å². The van der Waals surface area contributed by atoms with Crippen LogP contribution >= 0.6 is 11.6 Å². The van der Waals surface area contributed by atoms with Crippen LogP contribution in [0.1, 0.15) is 42.4 Å². The molecule has 2 N–H and O–H groups in total. The molecule has 0 spiro atoms. The Labute approximate surface area is 185 Å². The van der Waals surface area contributed by atoms with Crippen molar-refractivity contribution in [2.75, 3.05) is 26.0 Å². The fourth-order valence-corrected chi connectivity index (χ4v) is 5.28. The molecule has 2 atom stereocenters. The number of aryl methyl sites for hydroxylation is 1. The van der Waals surface area contributed by atoms with E-state index in [1.54, 1.807) is 7.05 Å². The molecule has 5 nitrogen and oxygen atoms in total. The number of likely N-dealkylation sites (N-methyl/N-ethyl adjacent to an activating group) is 1. The summed E-state index contributed by atoms with van der Waals surface area (Å²) >= 11 is 6.02. The second kappa shape index (κ2) is 10.1. The van der Waals surface area contributed by atoms with Gasteiger partial charge < -0.3 is 10.5 Å². The Morgan fingerprint density at radius 1 is 1.20 bits per heavy atom. The molecular weight excluding hydrogens is 420 g/mol. The van der Waals surface area contributed by atoms with Gasteiger partial charge in [-0.15, -0.1) is 0 Å². The maximum Gasteiger partial charge on any atom is 0.213 e. The zero-order chi connectivity index (χ0) is 21.7. The van der Waals surface area contributed by atoms with E-state index in [-0.39, 0.29) is 17.7 Å². The Balaban J connectivity index is 1.69. The van der Waals surface area contributed by atoms with Crippen LogP contribution in [0.25, 0.3) is 0 Å². The van der Waals surface area contributed by atoms with Crippen LogP contribution in [0, 0.1) is 0 Å². The van der Waals surface area contributed by atoms with Crippen LogP contribution in [0.2, 0.25) is 5.02 Å². The molecule has 2 aromatic rings. The van der Waals surface area contributed by atoms with Crippen molar-refractivity contribution in [3.8, 4) is 5.75 Å². The summed E-state index contributed by atoms with van der Waals surface area (Å²) in [5.74, 6) is 1.13. The molecule has 30 heavy (non-hydrogen) atoms. The highest BCUT2D eigenvalue weighted by atomic mass is 35.5. The average Bonchev–Trinajstić information content (AvgIpc) is 2.71. The van der Waals surface area contributed by atoms with Gasteiger partial charge >= 0.3 is 0 Å². The number of fused-ring (bicyclic) bond motifs is 1. The third kappa shape index (κ3) is 5.76. The van der Waals surface area contributed by atoms with E-state index in [9.17, 15) is 8.42 Å². The minimum atomic E-state index is -3.21. The highest BCUT2D eigenvalue weighted by Crippen LogP contribution is 2.36. The summed E-state index contributed by atoms with van der Waals surface area (Å²) < 4.78 is 31.4. The monoisotopic (exact) mass is 450 g/mol. The number of nitrogens with zero attached hydrogens (tertiary/aromatic N) is 1. The Kier molecular flexibility index (Phi) is 7.80. The number of sulfonamides is 1. The molecular formula is C23H31ClN2O3S. The van der Waals surface area contributed by atoms with Gasteiger partial charge in [0.1, 0.15) is 12.4 Å². The lowest BCUT2D eigenvalue weighted by Gasteiger charge is -2.32. The minimum absolute atomic E-state index is 0.0914. The number of hydrogen-bond donors (Lipinski definition) is 1. The van der Waals surface area contributed by atoms with Gasteiger partial charge in [0.25, 0.3) is 0 Å². The van der Waals surface area contributed by atoms with Crippen molar-refractivity contribution in [1.82, 2.24) is 4.31 Å². The van der Waals surface area contributed by atoms with Crippen molar-refractivity contribution in [2.45, 2.75) is 44.6 Å². The molecule has 0 heterocycles. The lowest BCUT2D eigenvalue weighted by atomic mass is 9.76. The van der Waals surface area contributed by atoms with Crippen LogP contribution in [0.3, 0.4) is 0 Å². The standard InChI is InChI=1S/C23H31ClN2O3S/c1-3-14-30(27,28)26(2)12-13-29-20-10-6-18-7-11-23(25)22(21(18)16-20)15-17-4-8-19(24)9-5-17/h4-6,8-10,16,22-23H,3,7,11-15,25H2,1-2H3. The molecule has 0 amide bonds. The molecule has 2 aromatic carbocycles. The Bertz CT molecular complexity index is 947. The Morgan fingerprint density at radius 3 is 2.63 bits per heavy atom. The molecule has 1 aliphatic rings. The van der Waals surface area contributed by atoms with E-state index in [0.29, 0.717) is 19.6 Å². The minimum Gasteiger partial charge on any atom is -0.492 e. The predicted octanol–water partition coefficient (Wildman–Crippen LogP) is 3.99. The van der Waals surface area contributed by atoms with Gasteiger partial charge in [0, 0.05) is 30.6 Å². The van der Waals surface area contributed by atoms with Crippen molar-refractivity contribution >= 4 is 21.6 Å². The molecule has 0 aliphatic heterocycles. The van der Waals surface area contributed by atoms with Crippen molar-refractivity contribution in [1.29, 1.82) is 0 Å². The highest BCUT2D eigenvalue weighted by Gasteiger charge is 2.27. The molecule has 0 radical (unpaired) electrons. The summed E-state index contributed by atoms with van der Waals surface area (Å²) in [6, 6.07) is 14.2. The molecule has 7 heteroatoms. The molecule has 1 aliphatic carbocycles. The molecule has 0 saturated carbocycles. The largest absolute Gasteiger partial charge is 0.492 e. The summed E-state index contributed by atoms with van der Waals surface area (Å²) in [5.41, 5.74) is 10.2. The van der Waals surface area contributed by atoms with Crippen LogP contribution in [0.4, 0.5) is 0 Å². The third-order valence-corrected chi connectivity index (χ3v) is 8.07. The summed E-state index contributed by atoms with van der Waals surface area (Å²) in [5, 5.41) is 0.730. The highest BCUT2D eigenvalue weighted by molar-refractivity contribution is 7.89. The van der Waals surface area contributed by atoms with Crippen LogP contribution in [0.5, 0.6) is 5.75 Å². The zero-order valence-corrected chi connectivity index (χ0v) is 19.3. The molecule has 164 valence electrons. The van der Waals surface area contributed by atoms with Gasteiger partial charge in [-0.25, -0.2) is 12.7 Å². The second-order valence-corrected chi connectivity index (χ2v) is 10.6. The first kappa shape index (κ1) is 23.1. The molecule has 0 saturated heterocycles. The smallest absolute Gasteiger partial charge is 0.213 e. The van der Waals surface area contributed by atoms with Crippen LogP contribution in [-0.2, 0) is 22.9 Å². The van der Waals surface area contributed by atoms with Gasteiger partial charge in [-0.3, -0.25) is 0 Å². The van der Waals surface area contributed by atoms with Crippen molar-refractivity contribution in [3.63, 3.8) is 0 Å². The van der Waals surface area contributed by atoms with Crippen LogP contribution in [-0.4, -0.2) is 44.7 Å². The zero-order valence-electron chi connectivity index (χ0n) is 17.7. The summed E-state index contributed by atoms with van der Waals surface area (Å²) in [4.78, 5) is 0. The van der Waals surface area contributed by atoms with E-state index in [2.05, 4.69) is 24.3 Å². The second-order valence-electron chi connectivity index (χ2n) is 7.99. The number of rotatable bonds is 9. The number of halogens is 1. The fourth-order valence-electron chi connectivity index (χ4n) is 3.97. The van der Waals surface area contributed by atoms with Crippen LogP contribution in [0.15, 0.2) is 42.5 Å². The number of ether oxygens (including phenoxy) is 1. The first-order chi connectivity index (χ1) is 14.3. The van der Waals surface area contributed by atoms with Gasteiger partial charge in [-0.2, -0.15) is 0 Å². The van der Waals surface area contributed by atoms with Gasteiger partial charge in [-0.05, 0) is 66.6 Å². The van der Waals surface area contributed by atoms with Gasteiger partial charge in [0.05, 0.1) is 5.75 Å². The van der Waals surface area contributed by atoms with Crippen molar-refractivity contribution in [2.24, 2.45) is 5.73 Å². The first-order valence-electron chi connectivity index (χ1n) is 10.5. The van der Waals surface area contributed by atoms with Gasteiger partial charge in [0.15, 0.2) is 0 Å². The SMILES string of the molecule is CCCS(=O)(=O)N(C)CCOc1ccc2c(c1)C(Cc1ccc(Cl)cc1)C(N)CC2. The maximum atomic E-state index is 12.1. The van der Waals surface area contributed by atoms with E-state index < -0.39 is 10.0 Å². The van der Waals surface area contributed by atoms with E-state index in [1.807, 2.05) is 25.1 Å². The van der Waals surface area contributed by atoms with Crippen molar-refractivity contribution in [3.05, 3.63) is 64.2 Å². The molecule has 3 rings (SSSR count). The fraction of sp³-hybridized carbons (Fsp3) is 0.478. The first-order valence-corrected chi connectivity index (χ1v) is 12.5. The van der Waals surface area contributed by atoms with Gasteiger partial charge in [0.2, 0.25) is 10.0 Å². The number of benzene rings is 2. The topological polar surface area (TPSA) is 72.6 Å². The number of nitrogens with two attached hydrogens (primary N) is 1. The van der Waals surface area contributed by atoms with E-state index in [0.717, 1.165) is 30.0 Å². The average molecular weight is 451 g/mol. The van der Waals surface area contributed by atoms with Gasteiger partial charge in [-0.1, -0.05) is 36.7 Å². The summed E-state index contributed by atoms with van der Waals surface area (Å²) in [6.45, 7) is 2.50. The Hall–Kier alpha value is -1.60. The van der Waals surface area contributed by atoms with Crippen molar-refractivity contribution < 1.29 is 13.2 Å². The normalized spacial score (nSPS) is 19.0. The quantitative estimate of drug-likeness (QED) is 0.626. The van der Waals surface area contributed by atoms with E-state index in [1.165, 1.54) is 21.0 Å². The molecule has 0 bridgehead atoms. The molecule has 2 unspecified atom stereocenters.